The number of hydrogen-bond donors (Lipinski definition) is 2. The van der Waals surface area contributed by atoms with Crippen LogP contribution < -0.4 is 20.1 Å². The molecule has 1 amide bonds. The Kier molecular flexibility index (Phi) is 7.01. The van der Waals surface area contributed by atoms with Crippen LogP contribution in [0.4, 0.5) is 11.4 Å². The Morgan fingerprint density at radius 2 is 1.64 bits per heavy atom. The SMILES string of the molecule is COc1ccc(NCc2c(OCC(=O)Nc3ccc(C)cc3)ccc3ccccc23)cc1Cl. The van der Waals surface area contributed by atoms with Crippen molar-refractivity contribution in [3.8, 4) is 11.5 Å². The molecule has 0 saturated heterocycles. The average molecular weight is 461 g/mol. The number of benzene rings is 4. The molecule has 0 unspecified atom stereocenters. The molecule has 0 saturated carbocycles. The van der Waals surface area contributed by atoms with Crippen molar-refractivity contribution in [1.29, 1.82) is 0 Å². The van der Waals surface area contributed by atoms with Crippen molar-refractivity contribution in [1.82, 2.24) is 0 Å². The van der Waals surface area contributed by atoms with Crippen molar-refractivity contribution >= 4 is 39.7 Å². The van der Waals surface area contributed by atoms with E-state index in [9.17, 15) is 4.79 Å². The largest absolute Gasteiger partial charge is 0.495 e. The molecule has 168 valence electrons. The molecule has 0 bridgehead atoms. The van der Waals surface area contributed by atoms with Crippen LogP contribution in [0.3, 0.4) is 0 Å². The summed E-state index contributed by atoms with van der Waals surface area (Å²) < 4.78 is 11.2. The highest BCUT2D eigenvalue weighted by Crippen LogP contribution is 2.31. The second kappa shape index (κ2) is 10.3. The lowest BCUT2D eigenvalue weighted by Crippen LogP contribution is -2.20. The Morgan fingerprint density at radius 1 is 0.909 bits per heavy atom. The number of fused-ring (bicyclic) bond motifs is 1. The fourth-order valence-corrected chi connectivity index (χ4v) is 3.84. The van der Waals surface area contributed by atoms with Gasteiger partial charge in [-0.2, -0.15) is 0 Å². The predicted molar refractivity (Wildman–Crippen MR) is 135 cm³/mol. The van der Waals surface area contributed by atoms with E-state index in [-0.39, 0.29) is 12.5 Å². The molecule has 0 aromatic heterocycles. The maximum Gasteiger partial charge on any atom is 0.262 e. The van der Waals surface area contributed by atoms with E-state index in [2.05, 4.69) is 16.7 Å². The number of hydrogen-bond acceptors (Lipinski definition) is 4. The van der Waals surface area contributed by atoms with E-state index in [0.717, 1.165) is 33.3 Å². The van der Waals surface area contributed by atoms with Gasteiger partial charge >= 0.3 is 0 Å². The van der Waals surface area contributed by atoms with E-state index in [4.69, 9.17) is 21.1 Å². The number of rotatable bonds is 8. The predicted octanol–water partition coefficient (Wildman–Crippen LogP) is 6.44. The van der Waals surface area contributed by atoms with Gasteiger partial charge in [-0.05, 0) is 54.1 Å². The Balaban J connectivity index is 1.51. The van der Waals surface area contributed by atoms with Gasteiger partial charge < -0.3 is 20.1 Å². The molecule has 0 aliphatic carbocycles. The van der Waals surface area contributed by atoms with Gasteiger partial charge in [0.1, 0.15) is 11.5 Å². The van der Waals surface area contributed by atoms with Gasteiger partial charge in [0.05, 0.1) is 12.1 Å². The summed E-state index contributed by atoms with van der Waals surface area (Å²) in [5, 5.41) is 8.95. The second-order valence-corrected chi connectivity index (χ2v) is 8.08. The van der Waals surface area contributed by atoms with E-state index in [1.54, 1.807) is 7.11 Å². The number of ether oxygens (including phenoxy) is 2. The van der Waals surface area contributed by atoms with Gasteiger partial charge in [0.15, 0.2) is 6.61 Å². The zero-order valence-corrected chi connectivity index (χ0v) is 19.3. The van der Waals surface area contributed by atoms with E-state index in [1.807, 2.05) is 79.7 Å². The first-order chi connectivity index (χ1) is 16.0. The summed E-state index contributed by atoms with van der Waals surface area (Å²) in [5.41, 5.74) is 3.70. The van der Waals surface area contributed by atoms with Crippen LogP contribution >= 0.6 is 11.6 Å². The topological polar surface area (TPSA) is 59.6 Å². The third-order valence-corrected chi connectivity index (χ3v) is 5.61. The fraction of sp³-hybridized carbons (Fsp3) is 0.148. The summed E-state index contributed by atoms with van der Waals surface area (Å²) in [7, 11) is 1.59. The minimum absolute atomic E-state index is 0.0897. The van der Waals surface area contributed by atoms with Crippen molar-refractivity contribution in [2.45, 2.75) is 13.5 Å². The van der Waals surface area contributed by atoms with Crippen LogP contribution in [0, 0.1) is 6.92 Å². The zero-order chi connectivity index (χ0) is 23.2. The molecule has 4 aromatic rings. The molecule has 2 N–H and O–H groups in total. The molecule has 4 rings (SSSR count). The van der Waals surface area contributed by atoms with Crippen molar-refractivity contribution in [2.24, 2.45) is 0 Å². The van der Waals surface area contributed by atoms with E-state index >= 15 is 0 Å². The quantitative estimate of drug-likeness (QED) is 0.317. The molecule has 0 atom stereocenters. The lowest BCUT2D eigenvalue weighted by atomic mass is 10.0. The van der Waals surface area contributed by atoms with Gasteiger partial charge in [0.25, 0.3) is 5.91 Å². The van der Waals surface area contributed by atoms with E-state index in [0.29, 0.717) is 23.1 Å². The first-order valence-corrected chi connectivity index (χ1v) is 11.0. The highest BCUT2D eigenvalue weighted by molar-refractivity contribution is 6.32. The number of halogens is 1. The maximum absolute atomic E-state index is 12.4. The van der Waals surface area contributed by atoms with Crippen LogP contribution in [0.15, 0.2) is 78.9 Å². The summed E-state index contributed by atoms with van der Waals surface area (Å²) in [6.07, 6.45) is 0. The number of methoxy groups -OCH3 is 1. The number of aryl methyl sites for hydroxylation is 1. The lowest BCUT2D eigenvalue weighted by molar-refractivity contribution is -0.118. The normalized spacial score (nSPS) is 10.6. The van der Waals surface area contributed by atoms with Gasteiger partial charge in [0.2, 0.25) is 0 Å². The van der Waals surface area contributed by atoms with Crippen LogP contribution in [0.25, 0.3) is 10.8 Å². The first kappa shape index (κ1) is 22.5. The zero-order valence-electron chi connectivity index (χ0n) is 18.5. The smallest absolute Gasteiger partial charge is 0.262 e. The lowest BCUT2D eigenvalue weighted by Gasteiger charge is -2.16. The number of amides is 1. The molecule has 0 spiro atoms. The van der Waals surface area contributed by atoms with Crippen molar-refractivity contribution in [2.75, 3.05) is 24.4 Å². The van der Waals surface area contributed by atoms with Crippen molar-refractivity contribution < 1.29 is 14.3 Å². The molecule has 0 aliphatic rings. The summed E-state index contributed by atoms with van der Waals surface area (Å²) in [5.74, 6) is 1.06. The fourth-order valence-electron chi connectivity index (χ4n) is 3.58. The molecular formula is C27H25ClN2O3. The summed E-state index contributed by atoms with van der Waals surface area (Å²) in [6.45, 7) is 2.41. The third kappa shape index (κ3) is 5.57. The first-order valence-electron chi connectivity index (χ1n) is 10.6. The van der Waals surface area contributed by atoms with Crippen LogP contribution in [0.1, 0.15) is 11.1 Å². The highest BCUT2D eigenvalue weighted by atomic mass is 35.5. The van der Waals surface area contributed by atoms with Crippen LogP contribution in [-0.2, 0) is 11.3 Å². The molecule has 0 aliphatic heterocycles. The van der Waals surface area contributed by atoms with Gasteiger partial charge in [0, 0.05) is 23.5 Å². The maximum atomic E-state index is 12.4. The number of nitrogens with one attached hydrogen (secondary N) is 2. The molecule has 33 heavy (non-hydrogen) atoms. The van der Waals surface area contributed by atoms with E-state index < -0.39 is 0 Å². The number of carbonyl (C=O) groups is 1. The Labute approximate surface area is 198 Å². The summed E-state index contributed by atoms with van der Waals surface area (Å²) in [4.78, 5) is 12.4. The Bertz CT molecular complexity index is 1270. The summed E-state index contributed by atoms with van der Waals surface area (Å²) in [6, 6.07) is 25.2. The van der Waals surface area contributed by atoms with Crippen LogP contribution in [0.5, 0.6) is 11.5 Å². The molecule has 6 heteroatoms. The Hall–Kier alpha value is -3.70. The minimum Gasteiger partial charge on any atom is -0.495 e. The molecule has 0 radical (unpaired) electrons. The monoisotopic (exact) mass is 460 g/mol. The van der Waals surface area contributed by atoms with Gasteiger partial charge in [-0.15, -0.1) is 0 Å². The van der Waals surface area contributed by atoms with Gasteiger partial charge in [-0.1, -0.05) is 59.6 Å². The highest BCUT2D eigenvalue weighted by Gasteiger charge is 2.12. The molecular weight excluding hydrogens is 436 g/mol. The minimum atomic E-state index is -0.215. The number of anilines is 2. The second-order valence-electron chi connectivity index (χ2n) is 7.67. The average Bonchev–Trinajstić information content (AvgIpc) is 2.83. The molecule has 4 aromatic carbocycles. The molecule has 0 heterocycles. The van der Waals surface area contributed by atoms with Gasteiger partial charge in [-0.3, -0.25) is 4.79 Å². The standard InChI is InChI=1S/C27H25ClN2O3/c1-18-7-10-20(11-8-18)30-27(31)17-33-25-13-9-19-5-3-4-6-22(19)23(25)16-29-21-12-14-26(32-2)24(28)15-21/h3-15,29H,16-17H2,1-2H3,(H,30,31). The summed E-state index contributed by atoms with van der Waals surface area (Å²) >= 11 is 6.26. The molecule has 0 fully saturated rings. The molecule has 5 nitrogen and oxygen atoms in total. The Morgan fingerprint density at radius 3 is 2.39 bits per heavy atom. The van der Waals surface area contributed by atoms with E-state index in [1.165, 1.54) is 0 Å². The third-order valence-electron chi connectivity index (χ3n) is 5.31. The van der Waals surface area contributed by atoms with Gasteiger partial charge in [-0.25, -0.2) is 0 Å². The van der Waals surface area contributed by atoms with Crippen molar-refractivity contribution in [3.63, 3.8) is 0 Å². The van der Waals surface area contributed by atoms with Crippen LogP contribution in [-0.4, -0.2) is 19.6 Å². The number of carbonyl (C=O) groups excluding carboxylic acids is 1. The van der Waals surface area contributed by atoms with Crippen molar-refractivity contribution in [3.05, 3.63) is 95.0 Å². The van der Waals surface area contributed by atoms with Crippen LogP contribution in [0.2, 0.25) is 5.02 Å².